The smallest absolute Gasteiger partial charge is 0.119 e. The molecule has 286 valence electrons. The van der Waals surface area contributed by atoms with Gasteiger partial charge in [0.05, 0.1) is 6.61 Å². The van der Waals surface area contributed by atoms with Crippen molar-refractivity contribution >= 4 is 16.8 Å². The van der Waals surface area contributed by atoms with Crippen molar-refractivity contribution in [3.63, 3.8) is 0 Å². The summed E-state index contributed by atoms with van der Waals surface area (Å²) in [4.78, 5) is 0. The van der Waals surface area contributed by atoms with Gasteiger partial charge in [-0.2, -0.15) is 0 Å². The lowest BCUT2D eigenvalue weighted by Crippen LogP contribution is -2.16. The summed E-state index contributed by atoms with van der Waals surface area (Å²) in [7, 11) is 0. The molecule has 5 rings (SSSR count). The number of aryl methyl sites for hydroxylation is 1. The summed E-state index contributed by atoms with van der Waals surface area (Å²) in [6.07, 6.45) is 20.0. The molecule has 0 saturated heterocycles. The molecule has 2 N–H and O–H groups in total. The van der Waals surface area contributed by atoms with Gasteiger partial charge in [0, 0.05) is 5.69 Å². The zero-order valence-electron chi connectivity index (χ0n) is 35.5. The minimum atomic E-state index is 0.537. The van der Waals surface area contributed by atoms with E-state index in [9.17, 15) is 0 Å². The number of ether oxygens (including phenoxy) is 1. The van der Waals surface area contributed by atoms with Crippen LogP contribution in [0.25, 0.3) is 11.1 Å². The fraction of sp³-hybridized carbons (Fsp3) is 0.480. The minimum absolute atomic E-state index is 0.537. The zero-order valence-corrected chi connectivity index (χ0v) is 35.5. The predicted octanol–water partition coefficient (Wildman–Crippen LogP) is 14.8. The first-order valence-electron chi connectivity index (χ1n) is 20.1. The van der Waals surface area contributed by atoms with Gasteiger partial charge in [0.1, 0.15) is 5.75 Å². The third kappa shape index (κ3) is 17.5. The highest BCUT2D eigenvalue weighted by atomic mass is 16.5. The second-order valence-corrected chi connectivity index (χ2v) is 14.4. The number of benzene rings is 3. The molecular formula is C50H75NO. The van der Waals surface area contributed by atoms with Crippen molar-refractivity contribution in [2.45, 2.75) is 129 Å². The van der Waals surface area contributed by atoms with Gasteiger partial charge in [-0.05, 0) is 120 Å². The van der Waals surface area contributed by atoms with E-state index in [1.165, 1.54) is 65.5 Å². The first-order valence-corrected chi connectivity index (χ1v) is 20.1. The molecule has 2 unspecified atom stereocenters. The average molecular weight is 706 g/mol. The molecule has 2 aliphatic carbocycles. The predicted molar refractivity (Wildman–Crippen MR) is 236 cm³/mol. The molecule has 2 atom stereocenters. The van der Waals surface area contributed by atoms with E-state index in [0.29, 0.717) is 11.8 Å². The summed E-state index contributed by atoms with van der Waals surface area (Å²) in [5.74, 6) is 3.70. The molecule has 3 aromatic rings. The Balaban J connectivity index is 0.00000128. The Labute approximate surface area is 322 Å². The highest BCUT2D eigenvalue weighted by Gasteiger charge is 2.27. The summed E-state index contributed by atoms with van der Waals surface area (Å²) >= 11 is 0. The van der Waals surface area contributed by atoms with Crippen molar-refractivity contribution in [3.05, 3.63) is 118 Å². The Morgan fingerprint density at radius 3 is 1.73 bits per heavy atom. The zero-order chi connectivity index (χ0) is 39.6. The number of nitrogens with two attached hydrogens (primary N) is 1. The summed E-state index contributed by atoms with van der Waals surface area (Å²) < 4.78 is 5.90. The number of anilines is 1. The van der Waals surface area contributed by atoms with Crippen LogP contribution in [0.5, 0.6) is 5.75 Å². The monoisotopic (exact) mass is 706 g/mol. The number of allylic oxidation sites excluding steroid dienone is 6. The lowest BCUT2D eigenvalue weighted by atomic mass is 9.72. The molecule has 0 radical (unpaired) electrons. The SMILES string of the molecule is C#C.CC.CC.CC(C)COc1ccc(C2=CC=C(c3ccc(CC(C)CC(C)C)cc3)/C(=C3\CCC3C)C2)cc1.CCC.Cc1ccc(N)cc1. The maximum absolute atomic E-state index is 5.90. The average Bonchev–Trinajstić information content (AvgIpc) is 3.15. The van der Waals surface area contributed by atoms with Gasteiger partial charge in [-0.3, -0.25) is 0 Å². The highest BCUT2D eigenvalue weighted by Crippen LogP contribution is 2.45. The van der Waals surface area contributed by atoms with Gasteiger partial charge in [-0.1, -0.05) is 161 Å². The molecule has 0 heterocycles. The van der Waals surface area contributed by atoms with E-state index in [2.05, 4.69) is 129 Å². The molecule has 2 nitrogen and oxygen atoms in total. The van der Waals surface area contributed by atoms with Crippen molar-refractivity contribution < 1.29 is 4.74 Å². The second-order valence-electron chi connectivity index (χ2n) is 14.4. The van der Waals surface area contributed by atoms with Gasteiger partial charge < -0.3 is 10.5 Å². The van der Waals surface area contributed by atoms with E-state index in [1.54, 1.807) is 11.1 Å². The lowest BCUT2D eigenvalue weighted by molar-refractivity contribution is 0.271. The molecule has 0 amide bonds. The van der Waals surface area contributed by atoms with E-state index < -0.39 is 0 Å². The summed E-state index contributed by atoms with van der Waals surface area (Å²) in [5, 5.41) is 0. The van der Waals surface area contributed by atoms with Crippen LogP contribution in [-0.4, -0.2) is 6.61 Å². The first-order chi connectivity index (χ1) is 25.0. The quantitative estimate of drug-likeness (QED) is 0.178. The molecule has 0 aromatic heterocycles. The molecular weight excluding hydrogens is 631 g/mol. The van der Waals surface area contributed by atoms with Crippen molar-refractivity contribution in [2.24, 2.45) is 23.7 Å². The summed E-state index contributed by atoms with van der Waals surface area (Å²) in [5.41, 5.74) is 17.7. The second kappa shape index (κ2) is 27.7. The van der Waals surface area contributed by atoms with Crippen LogP contribution < -0.4 is 10.5 Å². The number of hydrogen-bond acceptors (Lipinski definition) is 2. The Kier molecular flexibility index (Phi) is 25.6. The van der Waals surface area contributed by atoms with Gasteiger partial charge >= 0.3 is 0 Å². The van der Waals surface area contributed by atoms with E-state index in [-0.39, 0.29) is 0 Å². The lowest BCUT2D eigenvalue weighted by Gasteiger charge is -2.33. The van der Waals surface area contributed by atoms with E-state index in [4.69, 9.17) is 10.5 Å². The Morgan fingerprint density at radius 2 is 1.29 bits per heavy atom. The molecule has 2 heteroatoms. The fourth-order valence-corrected chi connectivity index (χ4v) is 6.12. The van der Waals surface area contributed by atoms with Crippen LogP contribution in [0, 0.1) is 43.4 Å². The molecule has 0 aliphatic heterocycles. The largest absolute Gasteiger partial charge is 0.493 e. The van der Waals surface area contributed by atoms with Gasteiger partial charge in [0.25, 0.3) is 0 Å². The fourth-order valence-electron chi connectivity index (χ4n) is 6.12. The summed E-state index contributed by atoms with van der Waals surface area (Å²) in [6, 6.07) is 25.9. The van der Waals surface area contributed by atoms with Crippen molar-refractivity contribution in [1.29, 1.82) is 0 Å². The number of nitrogen functional groups attached to an aromatic ring is 1. The van der Waals surface area contributed by atoms with Crippen LogP contribution in [0.4, 0.5) is 5.69 Å². The molecule has 1 fully saturated rings. The molecule has 0 spiro atoms. The van der Waals surface area contributed by atoms with Crippen LogP contribution in [-0.2, 0) is 6.42 Å². The molecule has 0 bridgehead atoms. The van der Waals surface area contributed by atoms with Gasteiger partial charge in [0.2, 0.25) is 0 Å². The van der Waals surface area contributed by atoms with Crippen LogP contribution in [0.1, 0.15) is 137 Å². The number of hydrogen-bond donors (Lipinski definition) is 1. The first kappa shape index (κ1) is 48.0. The maximum Gasteiger partial charge on any atom is 0.119 e. The van der Waals surface area contributed by atoms with Crippen LogP contribution in [0.2, 0.25) is 0 Å². The molecule has 3 aromatic carbocycles. The topological polar surface area (TPSA) is 35.2 Å². The molecule has 2 aliphatic rings. The number of terminal acetylenes is 1. The third-order valence-corrected chi connectivity index (χ3v) is 8.58. The van der Waals surface area contributed by atoms with Crippen molar-refractivity contribution in [2.75, 3.05) is 12.3 Å². The maximum atomic E-state index is 5.90. The Morgan fingerprint density at radius 1 is 0.750 bits per heavy atom. The highest BCUT2D eigenvalue weighted by molar-refractivity contribution is 5.89. The van der Waals surface area contributed by atoms with Crippen LogP contribution in [0.15, 0.2) is 96.1 Å². The third-order valence-electron chi connectivity index (χ3n) is 8.58. The molecule has 1 saturated carbocycles. The van der Waals surface area contributed by atoms with Crippen LogP contribution >= 0.6 is 0 Å². The summed E-state index contributed by atoms with van der Waals surface area (Å²) in [6.45, 7) is 28.8. The van der Waals surface area contributed by atoms with Gasteiger partial charge in [-0.25, -0.2) is 0 Å². The Hall–Kier alpha value is -3.96. The van der Waals surface area contributed by atoms with Crippen molar-refractivity contribution in [3.8, 4) is 18.6 Å². The minimum Gasteiger partial charge on any atom is -0.493 e. The molecule has 52 heavy (non-hydrogen) atoms. The van der Waals surface area contributed by atoms with Gasteiger partial charge in [-0.15, -0.1) is 12.8 Å². The number of rotatable bonds is 9. The standard InChI is InChI=1S/C34H44O.C7H9N.C3H8.2C2H6.C2H2/c1-23(2)19-25(5)20-27-8-10-29(11-9-27)33-18-14-30(21-34(33)32-17-7-26(32)6)28-12-15-31(16-13-28)35-22-24(3)4;1-6-2-4-7(8)5-3-6;1-3-2;3*1-2/h8-16,18,23-26H,7,17,19-22H2,1-6H3;2-5H,8H2,1H3;3H2,1-2H3;2*1-2H3;1-2H/b34-32+;;;;;. The van der Waals surface area contributed by atoms with E-state index >= 15 is 0 Å². The van der Waals surface area contributed by atoms with Gasteiger partial charge in [0.15, 0.2) is 0 Å². The van der Waals surface area contributed by atoms with E-state index in [1.807, 2.05) is 58.9 Å². The van der Waals surface area contributed by atoms with E-state index in [0.717, 1.165) is 36.3 Å². The van der Waals surface area contributed by atoms with Crippen LogP contribution in [0.3, 0.4) is 0 Å². The normalized spacial score (nSPS) is 16.1. The van der Waals surface area contributed by atoms with Crippen molar-refractivity contribution in [1.82, 2.24) is 0 Å². The Bertz CT molecular complexity index is 1440.